The van der Waals surface area contributed by atoms with Gasteiger partial charge in [-0.3, -0.25) is 0 Å². The van der Waals surface area contributed by atoms with Gasteiger partial charge in [-0.2, -0.15) is 0 Å². The summed E-state index contributed by atoms with van der Waals surface area (Å²) in [5, 5.41) is 0. The zero-order chi connectivity index (χ0) is 12.3. The standard InChI is InChI=1S/C14H13FO2/c1-16-12-6-3-10(4-7-12)11-5-8-14(17-2)13(15)9-11/h3-9H,1-2H3. The first-order valence-corrected chi connectivity index (χ1v) is 5.22. The van der Waals surface area contributed by atoms with E-state index in [1.165, 1.54) is 13.2 Å². The summed E-state index contributed by atoms with van der Waals surface area (Å²) in [5.41, 5.74) is 1.75. The molecule has 0 amide bonds. The van der Waals surface area contributed by atoms with E-state index in [-0.39, 0.29) is 11.6 Å². The fraction of sp³-hybridized carbons (Fsp3) is 0.143. The Morgan fingerprint density at radius 3 is 2.00 bits per heavy atom. The predicted octanol–water partition coefficient (Wildman–Crippen LogP) is 3.51. The molecule has 3 heteroatoms. The normalized spacial score (nSPS) is 10.1. The highest BCUT2D eigenvalue weighted by molar-refractivity contribution is 5.65. The summed E-state index contributed by atoms with van der Waals surface area (Å²) in [6.45, 7) is 0. The van der Waals surface area contributed by atoms with E-state index < -0.39 is 0 Å². The van der Waals surface area contributed by atoms with Gasteiger partial charge >= 0.3 is 0 Å². The Hall–Kier alpha value is -2.03. The summed E-state index contributed by atoms with van der Waals surface area (Å²) in [6, 6.07) is 12.4. The van der Waals surface area contributed by atoms with Gasteiger partial charge in [-0.1, -0.05) is 18.2 Å². The number of rotatable bonds is 3. The van der Waals surface area contributed by atoms with Gasteiger partial charge in [0.25, 0.3) is 0 Å². The van der Waals surface area contributed by atoms with Gasteiger partial charge in [0.1, 0.15) is 5.75 Å². The lowest BCUT2D eigenvalue weighted by Crippen LogP contribution is -1.88. The largest absolute Gasteiger partial charge is 0.497 e. The minimum absolute atomic E-state index is 0.252. The maximum atomic E-state index is 13.5. The fourth-order valence-electron chi connectivity index (χ4n) is 1.63. The Kier molecular flexibility index (Phi) is 3.28. The van der Waals surface area contributed by atoms with Crippen molar-refractivity contribution in [1.29, 1.82) is 0 Å². The van der Waals surface area contributed by atoms with Gasteiger partial charge in [-0.25, -0.2) is 4.39 Å². The van der Waals surface area contributed by atoms with Crippen molar-refractivity contribution in [3.63, 3.8) is 0 Å². The Morgan fingerprint density at radius 2 is 1.47 bits per heavy atom. The first-order chi connectivity index (χ1) is 8.24. The van der Waals surface area contributed by atoms with E-state index in [0.29, 0.717) is 0 Å². The van der Waals surface area contributed by atoms with Crippen LogP contribution in [0.25, 0.3) is 11.1 Å². The van der Waals surface area contributed by atoms with E-state index in [1.807, 2.05) is 30.3 Å². The van der Waals surface area contributed by atoms with E-state index >= 15 is 0 Å². The lowest BCUT2D eigenvalue weighted by molar-refractivity contribution is 0.386. The van der Waals surface area contributed by atoms with Crippen molar-refractivity contribution >= 4 is 0 Å². The number of hydrogen-bond acceptors (Lipinski definition) is 2. The quantitative estimate of drug-likeness (QED) is 0.806. The van der Waals surface area contributed by atoms with Crippen LogP contribution in [-0.2, 0) is 0 Å². The smallest absolute Gasteiger partial charge is 0.165 e. The van der Waals surface area contributed by atoms with Crippen LogP contribution < -0.4 is 9.47 Å². The maximum absolute atomic E-state index is 13.5. The first kappa shape index (κ1) is 11.5. The molecule has 0 radical (unpaired) electrons. The molecule has 0 aliphatic carbocycles. The summed E-state index contributed by atoms with van der Waals surface area (Å²) in [6.07, 6.45) is 0. The molecule has 0 saturated heterocycles. The van der Waals surface area contributed by atoms with E-state index in [9.17, 15) is 4.39 Å². The molecule has 0 aromatic heterocycles. The molecule has 17 heavy (non-hydrogen) atoms. The van der Waals surface area contributed by atoms with Crippen LogP contribution >= 0.6 is 0 Å². The highest BCUT2D eigenvalue weighted by atomic mass is 19.1. The molecule has 2 aromatic rings. The Bertz CT molecular complexity index is 506. The van der Waals surface area contributed by atoms with Gasteiger partial charge < -0.3 is 9.47 Å². The van der Waals surface area contributed by atoms with Gasteiger partial charge in [-0.15, -0.1) is 0 Å². The molecular weight excluding hydrogens is 219 g/mol. The average Bonchev–Trinajstić information content (AvgIpc) is 2.39. The Balaban J connectivity index is 2.35. The van der Waals surface area contributed by atoms with Gasteiger partial charge in [0.2, 0.25) is 0 Å². The summed E-state index contributed by atoms with van der Waals surface area (Å²) in [7, 11) is 3.06. The number of ether oxygens (including phenoxy) is 2. The van der Waals surface area contributed by atoms with Crippen LogP contribution in [0.5, 0.6) is 11.5 Å². The average molecular weight is 232 g/mol. The lowest BCUT2D eigenvalue weighted by atomic mass is 10.1. The van der Waals surface area contributed by atoms with E-state index in [4.69, 9.17) is 9.47 Å². The second-order valence-corrected chi connectivity index (χ2v) is 3.58. The van der Waals surface area contributed by atoms with Crippen molar-refractivity contribution in [2.24, 2.45) is 0 Å². The summed E-state index contributed by atoms with van der Waals surface area (Å²) >= 11 is 0. The van der Waals surface area contributed by atoms with Crippen molar-refractivity contribution in [2.75, 3.05) is 14.2 Å². The molecule has 0 spiro atoms. The van der Waals surface area contributed by atoms with Crippen LogP contribution in [0.1, 0.15) is 0 Å². The van der Waals surface area contributed by atoms with Crippen molar-refractivity contribution in [3.05, 3.63) is 48.3 Å². The highest BCUT2D eigenvalue weighted by Crippen LogP contribution is 2.26. The molecule has 88 valence electrons. The molecule has 0 saturated carbocycles. The van der Waals surface area contributed by atoms with Crippen molar-refractivity contribution in [2.45, 2.75) is 0 Å². The Morgan fingerprint density at radius 1 is 0.824 bits per heavy atom. The summed E-state index contributed by atoms with van der Waals surface area (Å²) in [5.74, 6) is 0.672. The third-order valence-corrected chi connectivity index (χ3v) is 2.58. The van der Waals surface area contributed by atoms with Gasteiger partial charge in [0.05, 0.1) is 14.2 Å². The number of benzene rings is 2. The van der Waals surface area contributed by atoms with E-state index in [0.717, 1.165) is 16.9 Å². The fourth-order valence-corrected chi connectivity index (χ4v) is 1.63. The molecule has 0 unspecified atom stereocenters. The zero-order valence-electron chi connectivity index (χ0n) is 9.74. The minimum Gasteiger partial charge on any atom is -0.497 e. The molecule has 0 atom stereocenters. The van der Waals surface area contributed by atoms with Crippen molar-refractivity contribution in [1.82, 2.24) is 0 Å². The number of hydrogen-bond donors (Lipinski definition) is 0. The van der Waals surface area contributed by atoms with Gasteiger partial charge in [0, 0.05) is 0 Å². The maximum Gasteiger partial charge on any atom is 0.165 e. The second-order valence-electron chi connectivity index (χ2n) is 3.58. The molecule has 0 aliphatic rings. The van der Waals surface area contributed by atoms with Crippen molar-refractivity contribution < 1.29 is 13.9 Å². The van der Waals surface area contributed by atoms with Crippen LogP contribution in [0.15, 0.2) is 42.5 Å². The molecule has 0 N–H and O–H groups in total. The van der Waals surface area contributed by atoms with E-state index in [2.05, 4.69) is 0 Å². The molecule has 2 rings (SSSR count). The number of methoxy groups -OCH3 is 2. The third-order valence-electron chi connectivity index (χ3n) is 2.58. The van der Waals surface area contributed by atoms with Gasteiger partial charge in [-0.05, 0) is 35.4 Å². The molecule has 0 heterocycles. The monoisotopic (exact) mass is 232 g/mol. The Labute approximate surface area is 99.6 Å². The topological polar surface area (TPSA) is 18.5 Å². The summed E-state index contributed by atoms with van der Waals surface area (Å²) < 4.78 is 23.5. The van der Waals surface area contributed by atoms with Crippen LogP contribution in [0.2, 0.25) is 0 Å². The lowest BCUT2D eigenvalue weighted by Gasteiger charge is -2.06. The van der Waals surface area contributed by atoms with E-state index in [1.54, 1.807) is 13.2 Å². The van der Waals surface area contributed by atoms with Crippen molar-refractivity contribution in [3.8, 4) is 22.6 Å². The molecule has 0 fully saturated rings. The minimum atomic E-state index is -0.360. The summed E-state index contributed by atoms with van der Waals surface area (Å²) in [4.78, 5) is 0. The molecule has 0 bridgehead atoms. The molecular formula is C14H13FO2. The van der Waals surface area contributed by atoms with Crippen LogP contribution in [-0.4, -0.2) is 14.2 Å². The van der Waals surface area contributed by atoms with Crippen LogP contribution in [0.3, 0.4) is 0 Å². The highest BCUT2D eigenvalue weighted by Gasteiger charge is 2.05. The predicted molar refractivity (Wildman–Crippen MR) is 64.9 cm³/mol. The molecule has 2 nitrogen and oxygen atoms in total. The zero-order valence-corrected chi connectivity index (χ0v) is 9.74. The first-order valence-electron chi connectivity index (χ1n) is 5.22. The second kappa shape index (κ2) is 4.87. The molecule has 0 aliphatic heterocycles. The SMILES string of the molecule is COc1ccc(-c2ccc(OC)c(F)c2)cc1. The third kappa shape index (κ3) is 2.38. The number of halogens is 1. The van der Waals surface area contributed by atoms with Crippen LogP contribution in [0.4, 0.5) is 4.39 Å². The van der Waals surface area contributed by atoms with Gasteiger partial charge in [0.15, 0.2) is 11.6 Å². The van der Waals surface area contributed by atoms with Crippen LogP contribution in [0, 0.1) is 5.82 Å². The molecule has 2 aromatic carbocycles.